The first kappa shape index (κ1) is 18.7. The molecule has 0 unspecified atom stereocenters. The highest BCUT2D eigenvalue weighted by Crippen LogP contribution is 2.27. The molecule has 0 aliphatic rings. The number of rotatable bonds is 6. The molecule has 0 amide bonds. The van der Waals surface area contributed by atoms with Crippen molar-refractivity contribution in [3.63, 3.8) is 0 Å². The van der Waals surface area contributed by atoms with Crippen LogP contribution in [0.1, 0.15) is 17.4 Å². The van der Waals surface area contributed by atoms with E-state index in [2.05, 4.69) is 16.5 Å². The highest BCUT2D eigenvalue weighted by Gasteiger charge is 2.10. The zero-order valence-electron chi connectivity index (χ0n) is 15.4. The second-order valence-electron chi connectivity index (χ2n) is 6.50. The molecule has 0 fully saturated rings. The SMILES string of the molecule is CCn1cnc2cc(COC(=O)Cc3cc(-c4ccc(Cl)cc4)cs3)ccc21. The number of aryl methyl sites for hydroxylation is 1. The highest BCUT2D eigenvalue weighted by atomic mass is 35.5. The van der Waals surface area contributed by atoms with Gasteiger partial charge in [-0.25, -0.2) is 4.98 Å². The maximum absolute atomic E-state index is 12.2. The quantitative estimate of drug-likeness (QED) is 0.381. The van der Waals surface area contributed by atoms with E-state index < -0.39 is 0 Å². The summed E-state index contributed by atoms with van der Waals surface area (Å²) in [6.45, 7) is 3.21. The van der Waals surface area contributed by atoms with Gasteiger partial charge in [-0.15, -0.1) is 11.3 Å². The normalized spacial score (nSPS) is 11.1. The summed E-state index contributed by atoms with van der Waals surface area (Å²) >= 11 is 7.49. The molecule has 142 valence electrons. The summed E-state index contributed by atoms with van der Waals surface area (Å²) in [5, 5.41) is 2.76. The van der Waals surface area contributed by atoms with Gasteiger partial charge in [-0.2, -0.15) is 0 Å². The van der Waals surface area contributed by atoms with Crippen molar-refractivity contribution in [2.45, 2.75) is 26.5 Å². The fraction of sp³-hybridized carbons (Fsp3) is 0.182. The second kappa shape index (κ2) is 8.17. The van der Waals surface area contributed by atoms with E-state index in [0.29, 0.717) is 5.02 Å². The Hall–Kier alpha value is -2.63. The Morgan fingerprint density at radius 2 is 1.96 bits per heavy atom. The predicted molar refractivity (Wildman–Crippen MR) is 114 cm³/mol. The van der Waals surface area contributed by atoms with Crippen molar-refractivity contribution >= 4 is 39.9 Å². The van der Waals surface area contributed by atoms with Crippen molar-refractivity contribution in [2.75, 3.05) is 0 Å². The van der Waals surface area contributed by atoms with Crippen LogP contribution in [0.4, 0.5) is 0 Å². The van der Waals surface area contributed by atoms with Crippen molar-refractivity contribution in [3.8, 4) is 11.1 Å². The first-order valence-electron chi connectivity index (χ1n) is 9.05. The molecule has 0 N–H and O–H groups in total. The lowest BCUT2D eigenvalue weighted by Gasteiger charge is -2.05. The Morgan fingerprint density at radius 1 is 1.14 bits per heavy atom. The van der Waals surface area contributed by atoms with Gasteiger partial charge in [0.25, 0.3) is 0 Å². The maximum Gasteiger partial charge on any atom is 0.311 e. The Morgan fingerprint density at radius 3 is 2.75 bits per heavy atom. The third kappa shape index (κ3) is 4.11. The van der Waals surface area contributed by atoms with E-state index in [-0.39, 0.29) is 19.0 Å². The van der Waals surface area contributed by atoms with Crippen molar-refractivity contribution in [1.29, 1.82) is 0 Å². The predicted octanol–water partition coefficient (Wildman–Crippen LogP) is 5.72. The molecule has 0 bridgehead atoms. The first-order valence-corrected chi connectivity index (χ1v) is 10.3. The van der Waals surface area contributed by atoms with Gasteiger partial charge in [-0.3, -0.25) is 4.79 Å². The molecule has 0 aliphatic carbocycles. The number of nitrogens with zero attached hydrogens (tertiary/aromatic N) is 2. The van der Waals surface area contributed by atoms with Crippen LogP contribution in [0.15, 0.2) is 60.2 Å². The van der Waals surface area contributed by atoms with E-state index in [0.717, 1.165) is 39.1 Å². The molecule has 0 saturated heterocycles. The molecule has 2 aromatic carbocycles. The smallest absolute Gasteiger partial charge is 0.311 e. The van der Waals surface area contributed by atoms with Crippen molar-refractivity contribution in [1.82, 2.24) is 9.55 Å². The molecule has 0 aliphatic heterocycles. The van der Waals surface area contributed by atoms with Gasteiger partial charge in [0.1, 0.15) is 6.61 Å². The average molecular weight is 411 g/mol. The molecule has 4 rings (SSSR count). The summed E-state index contributed by atoms with van der Waals surface area (Å²) in [6.07, 6.45) is 2.10. The van der Waals surface area contributed by atoms with Crippen LogP contribution in [0.5, 0.6) is 0 Å². The number of aromatic nitrogens is 2. The van der Waals surface area contributed by atoms with Crippen LogP contribution in [0.2, 0.25) is 5.02 Å². The number of hydrogen-bond donors (Lipinski definition) is 0. The number of benzene rings is 2. The molecule has 0 saturated carbocycles. The lowest BCUT2D eigenvalue weighted by molar-refractivity contribution is -0.144. The van der Waals surface area contributed by atoms with Crippen LogP contribution in [0, 0.1) is 0 Å². The molecule has 0 spiro atoms. The number of hydrogen-bond acceptors (Lipinski definition) is 4. The maximum atomic E-state index is 12.2. The number of carbonyl (C=O) groups excluding carboxylic acids is 1. The molecule has 4 aromatic rings. The molecule has 4 nitrogen and oxygen atoms in total. The summed E-state index contributed by atoms with van der Waals surface area (Å²) < 4.78 is 7.54. The van der Waals surface area contributed by atoms with E-state index in [1.165, 1.54) is 0 Å². The number of halogens is 1. The molecule has 0 radical (unpaired) electrons. The Labute approximate surface area is 172 Å². The Kier molecular flexibility index (Phi) is 5.46. The minimum absolute atomic E-state index is 0.233. The van der Waals surface area contributed by atoms with Crippen LogP contribution < -0.4 is 0 Å². The lowest BCUT2D eigenvalue weighted by atomic mass is 10.1. The van der Waals surface area contributed by atoms with Crippen LogP contribution >= 0.6 is 22.9 Å². The monoisotopic (exact) mass is 410 g/mol. The number of ether oxygens (including phenoxy) is 1. The standard InChI is InChI=1S/C22H19ClN2O2S/c1-2-25-14-24-20-9-15(3-8-21(20)25)12-27-22(26)11-19-10-17(13-28-19)16-4-6-18(23)7-5-16/h3-10,13-14H,2,11-12H2,1H3. The van der Waals surface area contributed by atoms with Crippen LogP contribution in [0.25, 0.3) is 22.2 Å². The molecule has 6 heteroatoms. The van der Waals surface area contributed by atoms with Crippen LogP contribution in [-0.4, -0.2) is 15.5 Å². The van der Waals surface area contributed by atoms with Gasteiger partial charge in [0.2, 0.25) is 0 Å². The van der Waals surface area contributed by atoms with Gasteiger partial charge in [-0.05, 0) is 59.3 Å². The van der Waals surface area contributed by atoms with Gasteiger partial charge in [-0.1, -0.05) is 29.8 Å². The minimum atomic E-state index is -0.233. The van der Waals surface area contributed by atoms with Gasteiger partial charge >= 0.3 is 5.97 Å². The lowest BCUT2D eigenvalue weighted by Crippen LogP contribution is -2.07. The van der Waals surface area contributed by atoms with E-state index in [4.69, 9.17) is 16.3 Å². The van der Waals surface area contributed by atoms with Crippen molar-refractivity contribution in [3.05, 3.63) is 75.7 Å². The van der Waals surface area contributed by atoms with Gasteiger partial charge in [0, 0.05) is 16.4 Å². The largest absolute Gasteiger partial charge is 0.461 e. The highest BCUT2D eigenvalue weighted by molar-refractivity contribution is 7.10. The fourth-order valence-electron chi connectivity index (χ4n) is 3.08. The molecule has 2 aromatic heterocycles. The summed E-state index contributed by atoms with van der Waals surface area (Å²) in [6, 6.07) is 15.7. The van der Waals surface area contributed by atoms with E-state index >= 15 is 0 Å². The summed E-state index contributed by atoms with van der Waals surface area (Å²) in [5.41, 5.74) is 5.11. The van der Waals surface area contributed by atoms with Gasteiger partial charge < -0.3 is 9.30 Å². The van der Waals surface area contributed by atoms with Crippen LogP contribution in [-0.2, 0) is 29.1 Å². The number of esters is 1. The van der Waals surface area contributed by atoms with Crippen molar-refractivity contribution in [2.24, 2.45) is 0 Å². The molecule has 28 heavy (non-hydrogen) atoms. The molecular formula is C22H19ClN2O2S. The molecular weight excluding hydrogens is 392 g/mol. The average Bonchev–Trinajstić information content (AvgIpc) is 3.33. The number of thiophene rings is 1. The zero-order chi connectivity index (χ0) is 19.5. The summed E-state index contributed by atoms with van der Waals surface area (Å²) in [7, 11) is 0. The fourth-order valence-corrected chi connectivity index (χ4v) is 4.08. The van der Waals surface area contributed by atoms with Crippen LogP contribution in [0.3, 0.4) is 0 Å². The zero-order valence-corrected chi connectivity index (χ0v) is 17.0. The van der Waals surface area contributed by atoms with Gasteiger partial charge in [0.15, 0.2) is 0 Å². The Bertz CT molecular complexity index is 1120. The Balaban J connectivity index is 1.36. The third-order valence-electron chi connectivity index (χ3n) is 4.58. The van der Waals surface area contributed by atoms with Crippen molar-refractivity contribution < 1.29 is 9.53 Å². The summed E-state index contributed by atoms with van der Waals surface area (Å²) in [5.74, 6) is -0.233. The van der Waals surface area contributed by atoms with E-state index in [1.54, 1.807) is 11.3 Å². The number of imidazole rings is 1. The summed E-state index contributed by atoms with van der Waals surface area (Å²) in [4.78, 5) is 17.6. The topological polar surface area (TPSA) is 44.1 Å². The third-order valence-corrected chi connectivity index (χ3v) is 5.76. The van der Waals surface area contributed by atoms with E-state index in [1.807, 2.05) is 60.2 Å². The van der Waals surface area contributed by atoms with E-state index in [9.17, 15) is 4.79 Å². The molecule has 2 heterocycles. The second-order valence-corrected chi connectivity index (χ2v) is 7.93. The number of carbonyl (C=O) groups is 1. The minimum Gasteiger partial charge on any atom is -0.461 e. The first-order chi connectivity index (χ1) is 13.6. The van der Waals surface area contributed by atoms with Gasteiger partial charge in [0.05, 0.1) is 23.8 Å². The molecule has 0 atom stereocenters. The number of fused-ring (bicyclic) bond motifs is 1.